The van der Waals surface area contributed by atoms with Gasteiger partial charge in [-0.2, -0.15) is 0 Å². The molecule has 3 aromatic rings. The maximum absolute atomic E-state index is 12.4. The van der Waals surface area contributed by atoms with Crippen molar-refractivity contribution in [3.05, 3.63) is 53.2 Å². The van der Waals surface area contributed by atoms with Crippen molar-refractivity contribution in [3.8, 4) is 5.75 Å². The Labute approximate surface area is 211 Å². The molecule has 1 N–H and O–H groups in total. The molecule has 7 nitrogen and oxygen atoms in total. The van der Waals surface area contributed by atoms with Crippen LogP contribution in [-0.4, -0.2) is 59.6 Å². The summed E-state index contributed by atoms with van der Waals surface area (Å²) in [6.45, 7) is 6.41. The van der Waals surface area contributed by atoms with Crippen molar-refractivity contribution < 1.29 is 9.53 Å². The first-order valence-corrected chi connectivity index (χ1v) is 12.9. The van der Waals surface area contributed by atoms with E-state index in [0.717, 1.165) is 35.6 Å². The molecule has 5 rings (SSSR count). The molecule has 35 heavy (non-hydrogen) atoms. The molecule has 0 unspecified atom stereocenters. The lowest BCUT2D eigenvalue weighted by Crippen LogP contribution is -2.47. The molecule has 0 radical (unpaired) electrons. The van der Waals surface area contributed by atoms with Crippen molar-refractivity contribution in [2.75, 3.05) is 43.0 Å². The van der Waals surface area contributed by atoms with Gasteiger partial charge in [0, 0.05) is 35.2 Å². The third-order valence-corrected chi connectivity index (χ3v) is 7.25. The lowest BCUT2D eigenvalue weighted by Gasteiger charge is -2.40. The maximum Gasteiger partial charge on any atom is 0.262 e. The predicted octanol–water partition coefficient (Wildman–Crippen LogP) is 5.06. The van der Waals surface area contributed by atoms with Gasteiger partial charge in [-0.25, -0.2) is 9.97 Å². The van der Waals surface area contributed by atoms with Crippen molar-refractivity contribution >= 4 is 40.0 Å². The van der Waals surface area contributed by atoms with E-state index in [4.69, 9.17) is 26.3 Å². The van der Waals surface area contributed by atoms with Crippen LogP contribution in [0, 0.1) is 6.92 Å². The Kier molecular flexibility index (Phi) is 7.35. The average molecular weight is 494 g/mol. The fourth-order valence-electron chi connectivity index (χ4n) is 5.08. The molecule has 184 valence electrons. The van der Waals surface area contributed by atoms with Crippen LogP contribution >= 0.6 is 11.6 Å². The summed E-state index contributed by atoms with van der Waals surface area (Å²) in [4.78, 5) is 27.0. The van der Waals surface area contributed by atoms with Gasteiger partial charge in [-0.15, -0.1) is 0 Å². The normalized spacial score (nSPS) is 17.5. The number of carbonyl (C=O) groups is 1. The number of nitrogens with one attached hydrogen (secondary N) is 1. The van der Waals surface area contributed by atoms with E-state index in [1.54, 1.807) is 24.3 Å². The van der Waals surface area contributed by atoms with Crippen LogP contribution in [0.1, 0.15) is 37.8 Å². The summed E-state index contributed by atoms with van der Waals surface area (Å²) in [5.74, 6) is 1.17. The van der Waals surface area contributed by atoms with E-state index in [-0.39, 0.29) is 12.5 Å². The minimum atomic E-state index is -0.230. The first-order valence-electron chi connectivity index (χ1n) is 12.5. The highest BCUT2D eigenvalue weighted by atomic mass is 35.5. The summed E-state index contributed by atoms with van der Waals surface area (Å²) in [5, 5.41) is 4.46. The number of halogens is 1. The number of nitrogens with zero attached hydrogens (tertiary/aromatic N) is 4. The average Bonchev–Trinajstić information content (AvgIpc) is 2.89. The summed E-state index contributed by atoms with van der Waals surface area (Å²) < 4.78 is 5.53. The van der Waals surface area contributed by atoms with Crippen molar-refractivity contribution in [1.29, 1.82) is 0 Å². The van der Waals surface area contributed by atoms with Crippen molar-refractivity contribution in [1.82, 2.24) is 14.9 Å². The van der Waals surface area contributed by atoms with Crippen LogP contribution < -0.4 is 15.0 Å². The molecule has 0 atom stereocenters. The summed E-state index contributed by atoms with van der Waals surface area (Å²) in [5.41, 5.74) is 2.50. The number of carbonyl (C=O) groups excluding carboxylic acids is 1. The molecule has 2 aliphatic rings. The molecule has 2 saturated heterocycles. The van der Waals surface area contributed by atoms with Crippen molar-refractivity contribution in [3.63, 3.8) is 0 Å². The molecule has 0 aliphatic carbocycles. The van der Waals surface area contributed by atoms with Crippen LogP contribution in [0.15, 0.2) is 42.5 Å². The number of likely N-dealkylation sites (tertiary alicyclic amines) is 1. The van der Waals surface area contributed by atoms with Gasteiger partial charge in [0.2, 0.25) is 5.95 Å². The molecule has 8 heteroatoms. The van der Waals surface area contributed by atoms with Crippen LogP contribution in [0.4, 0.5) is 11.6 Å². The van der Waals surface area contributed by atoms with Crippen LogP contribution in [-0.2, 0) is 4.79 Å². The predicted molar refractivity (Wildman–Crippen MR) is 141 cm³/mol. The van der Waals surface area contributed by atoms with E-state index in [1.807, 2.05) is 25.1 Å². The first kappa shape index (κ1) is 23.8. The van der Waals surface area contributed by atoms with Gasteiger partial charge in [0.1, 0.15) is 5.75 Å². The van der Waals surface area contributed by atoms with Crippen molar-refractivity contribution in [2.24, 2.45) is 0 Å². The molecular formula is C27H32ClN5O2. The van der Waals surface area contributed by atoms with Crippen LogP contribution in [0.25, 0.3) is 10.9 Å². The molecule has 2 fully saturated rings. The monoisotopic (exact) mass is 493 g/mol. The molecular weight excluding hydrogens is 462 g/mol. The smallest absolute Gasteiger partial charge is 0.262 e. The number of amides is 1. The lowest BCUT2D eigenvalue weighted by molar-refractivity contribution is -0.118. The number of fused-ring (bicyclic) bond motifs is 1. The van der Waals surface area contributed by atoms with E-state index in [1.165, 1.54) is 45.2 Å². The lowest BCUT2D eigenvalue weighted by atomic mass is 10.00. The molecule has 0 bridgehead atoms. The van der Waals surface area contributed by atoms with Gasteiger partial charge in [0.25, 0.3) is 5.91 Å². The molecule has 2 aromatic carbocycles. The number of aryl methyl sites for hydroxylation is 1. The Balaban J connectivity index is 1.20. The number of hydrogen-bond acceptors (Lipinski definition) is 6. The minimum absolute atomic E-state index is 0.0819. The second-order valence-electron chi connectivity index (χ2n) is 9.45. The number of hydrogen-bond donors (Lipinski definition) is 1. The van der Waals surface area contributed by atoms with Gasteiger partial charge in [0.05, 0.1) is 11.2 Å². The van der Waals surface area contributed by atoms with Gasteiger partial charge >= 0.3 is 0 Å². The van der Waals surface area contributed by atoms with E-state index < -0.39 is 0 Å². The number of anilines is 2. The molecule has 3 heterocycles. The molecule has 0 spiro atoms. The first-order chi connectivity index (χ1) is 17.0. The number of aromatic nitrogens is 2. The van der Waals surface area contributed by atoms with Gasteiger partial charge in [-0.3, -0.25) is 4.79 Å². The summed E-state index contributed by atoms with van der Waals surface area (Å²) in [6, 6.07) is 13.4. The van der Waals surface area contributed by atoms with Gasteiger partial charge in [0.15, 0.2) is 6.61 Å². The fraction of sp³-hybridized carbons (Fsp3) is 0.444. The topological polar surface area (TPSA) is 70.6 Å². The van der Waals surface area contributed by atoms with Gasteiger partial charge < -0.3 is 19.9 Å². The van der Waals surface area contributed by atoms with Crippen LogP contribution in [0.3, 0.4) is 0 Å². The molecule has 0 saturated carbocycles. The summed E-state index contributed by atoms with van der Waals surface area (Å²) >= 11 is 5.88. The van der Waals surface area contributed by atoms with E-state index in [9.17, 15) is 4.79 Å². The SMILES string of the molecule is Cc1nc(N2CCC(N3CCCCC3)CC2)nc2ccc(NC(=O)COc3ccc(Cl)cc3)cc12. The summed E-state index contributed by atoms with van der Waals surface area (Å²) in [7, 11) is 0. The Morgan fingerprint density at radius 3 is 2.51 bits per heavy atom. The zero-order valence-corrected chi connectivity index (χ0v) is 20.9. The standard InChI is InChI=1S/C27H32ClN5O2/c1-19-24-17-21(30-26(34)18-35-23-8-5-20(28)6-9-23)7-10-25(24)31-27(29-19)33-15-11-22(12-16-33)32-13-3-2-4-14-32/h5-10,17,22H,2-4,11-16,18H2,1H3,(H,30,34). The Hall–Kier alpha value is -2.90. The van der Waals surface area contributed by atoms with Crippen LogP contribution in [0.5, 0.6) is 5.75 Å². The fourth-order valence-corrected chi connectivity index (χ4v) is 5.20. The number of piperidine rings is 2. The summed E-state index contributed by atoms with van der Waals surface area (Å²) in [6.07, 6.45) is 6.39. The molecule has 1 amide bonds. The number of ether oxygens (including phenoxy) is 1. The number of rotatable bonds is 6. The largest absolute Gasteiger partial charge is 0.484 e. The second kappa shape index (κ2) is 10.8. The Morgan fingerprint density at radius 1 is 1.03 bits per heavy atom. The number of benzene rings is 2. The van der Waals surface area contributed by atoms with Gasteiger partial charge in [-0.1, -0.05) is 18.0 Å². The minimum Gasteiger partial charge on any atom is -0.484 e. The highest BCUT2D eigenvalue weighted by molar-refractivity contribution is 6.30. The molecule has 2 aliphatic heterocycles. The zero-order valence-electron chi connectivity index (χ0n) is 20.2. The third-order valence-electron chi connectivity index (χ3n) is 7.00. The zero-order chi connectivity index (χ0) is 24.2. The third kappa shape index (κ3) is 5.85. The second-order valence-corrected chi connectivity index (χ2v) is 9.88. The van der Waals surface area contributed by atoms with Gasteiger partial charge in [-0.05, 0) is 88.2 Å². The van der Waals surface area contributed by atoms with E-state index >= 15 is 0 Å². The Bertz CT molecular complexity index is 1170. The Morgan fingerprint density at radius 2 is 1.77 bits per heavy atom. The quantitative estimate of drug-likeness (QED) is 0.517. The highest BCUT2D eigenvalue weighted by Crippen LogP contribution is 2.26. The van der Waals surface area contributed by atoms with E-state index in [2.05, 4.69) is 15.1 Å². The maximum atomic E-state index is 12.4. The van der Waals surface area contributed by atoms with Crippen molar-refractivity contribution in [2.45, 2.75) is 45.1 Å². The molecule has 1 aromatic heterocycles. The van der Waals surface area contributed by atoms with E-state index in [0.29, 0.717) is 22.5 Å². The highest BCUT2D eigenvalue weighted by Gasteiger charge is 2.26. The van der Waals surface area contributed by atoms with Crippen LogP contribution in [0.2, 0.25) is 5.02 Å².